The van der Waals surface area contributed by atoms with Crippen LogP contribution in [0.1, 0.15) is 41.0 Å². The molecule has 0 saturated carbocycles. The minimum absolute atomic E-state index is 0.146. The minimum atomic E-state index is -4.50. The van der Waals surface area contributed by atoms with Crippen molar-refractivity contribution < 1.29 is 18.0 Å². The number of carbonyl (C=O) groups excluding carboxylic acids is 1. The van der Waals surface area contributed by atoms with Gasteiger partial charge in [-0.2, -0.15) is 18.3 Å². The molecule has 2 aromatic rings. The Morgan fingerprint density at radius 1 is 1.13 bits per heavy atom. The van der Waals surface area contributed by atoms with Gasteiger partial charge in [0.1, 0.15) is 0 Å². The Morgan fingerprint density at radius 2 is 1.87 bits per heavy atom. The first kappa shape index (κ1) is 20.6. The van der Waals surface area contributed by atoms with Crippen LogP contribution >= 0.6 is 0 Å². The Kier molecular flexibility index (Phi) is 5.40. The van der Waals surface area contributed by atoms with Gasteiger partial charge in [0.25, 0.3) is 5.91 Å². The first-order valence-corrected chi connectivity index (χ1v) is 10.1. The van der Waals surface area contributed by atoms with Gasteiger partial charge in [-0.3, -0.25) is 14.5 Å². The first-order valence-electron chi connectivity index (χ1n) is 10.1. The maximum atomic E-state index is 13.1. The fourth-order valence-electron chi connectivity index (χ4n) is 4.25. The molecule has 1 aromatic heterocycles. The zero-order chi connectivity index (χ0) is 21.5. The summed E-state index contributed by atoms with van der Waals surface area (Å²) in [5.74, 6) is -0.470. The molecule has 2 aliphatic heterocycles. The predicted octanol–water partition coefficient (Wildman–Crippen LogP) is 2.87. The molecule has 0 radical (unpaired) electrons. The van der Waals surface area contributed by atoms with Crippen LogP contribution in [0.5, 0.6) is 0 Å². The number of hydrogen-bond acceptors (Lipinski definition) is 4. The van der Waals surface area contributed by atoms with E-state index in [4.69, 9.17) is 0 Å². The topological polar surface area (TPSA) is 58.4 Å². The van der Waals surface area contributed by atoms with Crippen molar-refractivity contribution in [2.45, 2.75) is 38.4 Å². The number of alkyl halides is 3. The van der Waals surface area contributed by atoms with E-state index in [0.29, 0.717) is 18.8 Å². The van der Waals surface area contributed by atoms with Crippen LogP contribution < -0.4 is 5.43 Å². The summed E-state index contributed by atoms with van der Waals surface area (Å²) in [7, 11) is 0. The van der Waals surface area contributed by atoms with Crippen molar-refractivity contribution in [3.05, 3.63) is 57.5 Å². The molecule has 0 N–H and O–H groups in total. The van der Waals surface area contributed by atoms with Crippen molar-refractivity contribution in [1.82, 2.24) is 19.6 Å². The van der Waals surface area contributed by atoms with Gasteiger partial charge < -0.3 is 4.90 Å². The second-order valence-corrected chi connectivity index (χ2v) is 7.90. The fraction of sp³-hybridized carbons (Fsp3) is 0.476. The number of hydrogen-bond donors (Lipinski definition) is 0. The smallest absolute Gasteiger partial charge is 0.335 e. The summed E-state index contributed by atoms with van der Waals surface area (Å²) in [6.07, 6.45) is -1.33. The van der Waals surface area contributed by atoms with E-state index >= 15 is 0 Å². The van der Waals surface area contributed by atoms with E-state index < -0.39 is 23.1 Å². The third kappa shape index (κ3) is 3.98. The Balaban J connectivity index is 1.62. The lowest BCUT2D eigenvalue weighted by Crippen LogP contribution is -2.39. The molecule has 1 amide bonds. The van der Waals surface area contributed by atoms with Crippen LogP contribution in [0.4, 0.5) is 13.2 Å². The number of benzene rings is 1. The van der Waals surface area contributed by atoms with Crippen molar-refractivity contribution in [2.24, 2.45) is 0 Å². The van der Waals surface area contributed by atoms with Gasteiger partial charge >= 0.3 is 6.18 Å². The summed E-state index contributed by atoms with van der Waals surface area (Å²) in [6.45, 7) is 4.70. The summed E-state index contributed by atoms with van der Waals surface area (Å²) in [6, 6.07) is 6.20. The van der Waals surface area contributed by atoms with E-state index in [1.54, 1.807) is 11.8 Å². The molecule has 2 fully saturated rings. The van der Waals surface area contributed by atoms with Gasteiger partial charge in [-0.15, -0.1) is 0 Å². The normalized spacial score (nSPS) is 20.1. The molecule has 160 valence electrons. The molecule has 2 aliphatic rings. The standard InChI is InChI=1S/C21H23F3N4O2/c1-14-11-18(29)19(20(30)27-10-7-17(13-27)26-8-2-3-9-26)25-28(14)16-6-4-5-15(12-16)21(22,23)24/h4-6,11-12,17H,2-3,7-10,13H2,1H3. The molecule has 2 saturated heterocycles. The summed E-state index contributed by atoms with van der Waals surface area (Å²) in [4.78, 5) is 29.5. The molecular weight excluding hydrogens is 397 g/mol. The number of amides is 1. The van der Waals surface area contributed by atoms with Gasteiger partial charge in [0.2, 0.25) is 5.43 Å². The molecule has 30 heavy (non-hydrogen) atoms. The number of aromatic nitrogens is 2. The maximum Gasteiger partial charge on any atom is 0.416 e. The zero-order valence-electron chi connectivity index (χ0n) is 16.7. The lowest BCUT2D eigenvalue weighted by Gasteiger charge is -2.23. The Labute approximate surface area is 171 Å². The van der Waals surface area contributed by atoms with Gasteiger partial charge in [-0.1, -0.05) is 6.07 Å². The van der Waals surface area contributed by atoms with Gasteiger partial charge in [0, 0.05) is 30.9 Å². The number of nitrogens with zero attached hydrogens (tertiary/aromatic N) is 4. The number of halogens is 3. The van der Waals surface area contributed by atoms with Gasteiger partial charge in [-0.05, 0) is 57.5 Å². The summed E-state index contributed by atoms with van der Waals surface area (Å²) in [5.41, 5.74) is -1.11. The van der Waals surface area contributed by atoms with Gasteiger partial charge in [-0.25, -0.2) is 4.68 Å². The molecule has 1 atom stereocenters. The molecule has 0 spiro atoms. The lowest BCUT2D eigenvalue weighted by molar-refractivity contribution is -0.137. The van der Waals surface area contributed by atoms with E-state index in [0.717, 1.165) is 44.5 Å². The van der Waals surface area contributed by atoms with Crippen molar-refractivity contribution >= 4 is 5.91 Å². The highest BCUT2D eigenvalue weighted by Crippen LogP contribution is 2.30. The number of rotatable bonds is 3. The lowest BCUT2D eigenvalue weighted by atomic mass is 10.2. The van der Waals surface area contributed by atoms with Crippen LogP contribution in [0.15, 0.2) is 35.1 Å². The second kappa shape index (κ2) is 7.86. The third-order valence-electron chi connectivity index (χ3n) is 5.84. The van der Waals surface area contributed by atoms with Crippen molar-refractivity contribution in [3.8, 4) is 5.69 Å². The molecule has 3 heterocycles. The van der Waals surface area contributed by atoms with Crippen LogP contribution in [-0.2, 0) is 6.18 Å². The first-order chi connectivity index (χ1) is 14.2. The van der Waals surface area contributed by atoms with Crippen molar-refractivity contribution in [1.29, 1.82) is 0 Å². The monoisotopic (exact) mass is 420 g/mol. The highest BCUT2D eigenvalue weighted by atomic mass is 19.4. The summed E-state index contributed by atoms with van der Waals surface area (Å²) < 4.78 is 40.5. The molecular formula is C21H23F3N4O2. The largest absolute Gasteiger partial charge is 0.416 e. The number of aryl methyl sites for hydroxylation is 1. The van der Waals surface area contributed by atoms with E-state index in [-0.39, 0.29) is 17.4 Å². The SMILES string of the molecule is Cc1cc(=O)c(C(=O)N2CCC(N3CCCC3)C2)nn1-c1cccc(C(F)(F)F)c1. The van der Waals surface area contributed by atoms with Crippen molar-refractivity contribution in [2.75, 3.05) is 26.2 Å². The van der Waals surface area contributed by atoms with E-state index in [9.17, 15) is 22.8 Å². The van der Waals surface area contributed by atoms with E-state index in [1.807, 2.05) is 0 Å². The Bertz CT molecular complexity index is 1010. The van der Waals surface area contributed by atoms with Crippen LogP contribution in [-0.4, -0.2) is 57.7 Å². The fourth-order valence-corrected chi connectivity index (χ4v) is 4.25. The molecule has 0 aliphatic carbocycles. The molecule has 0 bridgehead atoms. The molecule has 9 heteroatoms. The molecule has 4 rings (SSSR count). The average molecular weight is 420 g/mol. The highest BCUT2D eigenvalue weighted by molar-refractivity contribution is 5.92. The number of likely N-dealkylation sites (tertiary alicyclic amines) is 2. The van der Waals surface area contributed by atoms with Gasteiger partial charge in [0.05, 0.1) is 11.3 Å². The zero-order valence-corrected chi connectivity index (χ0v) is 16.7. The van der Waals surface area contributed by atoms with Crippen molar-refractivity contribution in [3.63, 3.8) is 0 Å². The third-order valence-corrected chi connectivity index (χ3v) is 5.84. The molecule has 1 aromatic carbocycles. The van der Waals surface area contributed by atoms with Crippen LogP contribution in [0.2, 0.25) is 0 Å². The average Bonchev–Trinajstić information content (AvgIpc) is 3.39. The Morgan fingerprint density at radius 3 is 2.57 bits per heavy atom. The van der Waals surface area contributed by atoms with Crippen LogP contribution in [0.25, 0.3) is 5.69 Å². The summed E-state index contributed by atoms with van der Waals surface area (Å²) in [5, 5.41) is 4.16. The van der Waals surface area contributed by atoms with Gasteiger partial charge in [0.15, 0.2) is 5.69 Å². The highest BCUT2D eigenvalue weighted by Gasteiger charge is 2.34. The van der Waals surface area contributed by atoms with Crippen LogP contribution in [0.3, 0.4) is 0 Å². The molecule has 6 nitrogen and oxygen atoms in total. The predicted molar refractivity (Wildman–Crippen MR) is 105 cm³/mol. The molecule has 1 unspecified atom stereocenters. The second-order valence-electron chi connectivity index (χ2n) is 7.90. The summed E-state index contributed by atoms with van der Waals surface area (Å²) >= 11 is 0. The number of carbonyl (C=O) groups is 1. The van der Waals surface area contributed by atoms with E-state index in [2.05, 4.69) is 10.00 Å². The quantitative estimate of drug-likeness (QED) is 0.766. The maximum absolute atomic E-state index is 13.1. The Hall–Kier alpha value is -2.68. The van der Waals surface area contributed by atoms with E-state index in [1.165, 1.54) is 22.9 Å². The minimum Gasteiger partial charge on any atom is -0.335 e. The van der Waals surface area contributed by atoms with Crippen LogP contribution in [0, 0.1) is 6.92 Å².